The van der Waals surface area contributed by atoms with Crippen LogP contribution in [-0.2, 0) is 26.1 Å². The number of halogens is 3. The maximum absolute atomic E-state index is 13.1. The van der Waals surface area contributed by atoms with Gasteiger partial charge < -0.3 is 20.0 Å². The molecule has 4 rings (SSSR count). The molecule has 1 saturated carbocycles. The first-order valence-corrected chi connectivity index (χ1v) is 12.1. The standard InChI is InChI=1S/C26H27F3N4O5/c1-25(2,38-14-23(35)36)18-11-20-16(12-33(32-20)17-8-6-15(13-34)7-9-17)10-21(18)31-24(37)19-4-3-5-22(30-19)26(27,28)29/h3-5,10-13,15,17H,6-9,14H2,1-2H3,(H,31,37)(H,35,36)/t15-,17-. The number of rotatable bonds is 8. The summed E-state index contributed by atoms with van der Waals surface area (Å²) in [4.78, 5) is 38.6. The Hall–Kier alpha value is -3.80. The number of hydrogen-bond acceptors (Lipinski definition) is 6. The molecular weight excluding hydrogens is 505 g/mol. The van der Waals surface area contributed by atoms with E-state index in [-0.39, 0.29) is 17.6 Å². The Labute approximate surface area is 216 Å². The highest BCUT2D eigenvalue weighted by molar-refractivity contribution is 6.04. The molecule has 1 aliphatic rings. The predicted molar refractivity (Wildman–Crippen MR) is 131 cm³/mol. The highest BCUT2D eigenvalue weighted by Crippen LogP contribution is 2.37. The van der Waals surface area contributed by atoms with Gasteiger partial charge in [0.05, 0.1) is 17.2 Å². The third-order valence-electron chi connectivity index (χ3n) is 6.69. The number of aliphatic carboxylic acids is 1. The number of aldehydes is 1. The number of benzene rings is 1. The number of nitrogens with zero attached hydrogens (tertiary/aromatic N) is 3. The van der Waals surface area contributed by atoms with E-state index in [9.17, 15) is 27.6 Å². The molecule has 38 heavy (non-hydrogen) atoms. The fourth-order valence-corrected chi connectivity index (χ4v) is 4.61. The summed E-state index contributed by atoms with van der Waals surface area (Å²) in [6.07, 6.45) is 1.16. The number of carboxylic acids is 1. The number of aromatic nitrogens is 3. The lowest BCUT2D eigenvalue weighted by atomic mass is 9.87. The predicted octanol–water partition coefficient (Wildman–Crippen LogP) is 4.97. The molecule has 0 unspecified atom stereocenters. The number of fused-ring (bicyclic) bond motifs is 1. The zero-order valence-electron chi connectivity index (χ0n) is 20.8. The molecule has 2 heterocycles. The molecule has 202 valence electrons. The van der Waals surface area contributed by atoms with Crippen molar-refractivity contribution in [3.05, 3.63) is 53.5 Å². The van der Waals surface area contributed by atoms with Gasteiger partial charge in [-0.3, -0.25) is 9.48 Å². The molecule has 0 aliphatic heterocycles. The largest absolute Gasteiger partial charge is 0.480 e. The quantitative estimate of drug-likeness (QED) is 0.393. The Kier molecular flexibility index (Phi) is 7.54. The van der Waals surface area contributed by atoms with Crippen LogP contribution < -0.4 is 5.32 Å². The van der Waals surface area contributed by atoms with Crippen molar-refractivity contribution in [2.45, 2.75) is 57.3 Å². The second kappa shape index (κ2) is 10.5. The Balaban J connectivity index is 1.71. The molecule has 2 aromatic heterocycles. The maximum Gasteiger partial charge on any atom is 0.433 e. The fourth-order valence-electron chi connectivity index (χ4n) is 4.61. The molecule has 0 radical (unpaired) electrons. The summed E-state index contributed by atoms with van der Waals surface area (Å²) in [5, 5.41) is 17.1. The number of pyridine rings is 1. The lowest BCUT2D eigenvalue weighted by Crippen LogP contribution is -2.27. The van der Waals surface area contributed by atoms with E-state index in [1.54, 1.807) is 26.0 Å². The van der Waals surface area contributed by atoms with Gasteiger partial charge in [0.1, 0.15) is 24.3 Å². The van der Waals surface area contributed by atoms with Gasteiger partial charge in [0.2, 0.25) is 0 Å². The van der Waals surface area contributed by atoms with Gasteiger partial charge in [-0.15, -0.1) is 0 Å². The number of nitrogens with one attached hydrogen (secondary N) is 1. The van der Waals surface area contributed by atoms with Gasteiger partial charge in [0.25, 0.3) is 5.91 Å². The Morgan fingerprint density at radius 3 is 2.53 bits per heavy atom. The zero-order valence-corrected chi connectivity index (χ0v) is 20.8. The van der Waals surface area contributed by atoms with Crippen molar-refractivity contribution in [3.8, 4) is 0 Å². The van der Waals surface area contributed by atoms with Crippen molar-refractivity contribution in [1.29, 1.82) is 0 Å². The van der Waals surface area contributed by atoms with E-state index in [1.165, 1.54) is 6.07 Å². The summed E-state index contributed by atoms with van der Waals surface area (Å²) in [6.45, 7) is 2.63. The Morgan fingerprint density at radius 1 is 1.18 bits per heavy atom. The van der Waals surface area contributed by atoms with Crippen molar-refractivity contribution in [3.63, 3.8) is 0 Å². The average Bonchev–Trinajstić information content (AvgIpc) is 3.30. The first-order valence-electron chi connectivity index (χ1n) is 12.1. The van der Waals surface area contributed by atoms with Crippen molar-refractivity contribution in [2.24, 2.45) is 5.92 Å². The average molecular weight is 533 g/mol. The molecule has 0 spiro atoms. The van der Waals surface area contributed by atoms with E-state index >= 15 is 0 Å². The number of alkyl halides is 3. The molecule has 1 aliphatic carbocycles. The van der Waals surface area contributed by atoms with Crippen LogP contribution in [0.1, 0.15) is 67.3 Å². The Bertz CT molecular complexity index is 1360. The van der Waals surface area contributed by atoms with Crippen LogP contribution in [0.25, 0.3) is 10.9 Å². The topological polar surface area (TPSA) is 123 Å². The molecule has 2 N–H and O–H groups in total. The summed E-state index contributed by atoms with van der Waals surface area (Å²) in [5.74, 6) is -2.01. The van der Waals surface area contributed by atoms with Crippen molar-refractivity contribution >= 4 is 34.8 Å². The zero-order chi connectivity index (χ0) is 27.7. The number of carboxylic acid groups (broad SMARTS) is 1. The summed E-state index contributed by atoms with van der Waals surface area (Å²) in [7, 11) is 0. The molecule has 0 atom stereocenters. The normalized spacial score (nSPS) is 18.3. The van der Waals surface area contributed by atoms with Gasteiger partial charge in [0.15, 0.2) is 0 Å². The molecule has 1 fully saturated rings. The number of anilines is 1. The lowest BCUT2D eigenvalue weighted by molar-refractivity contribution is -0.148. The molecule has 1 amide bonds. The summed E-state index contributed by atoms with van der Waals surface area (Å²) in [5.41, 5.74) is -1.65. The first kappa shape index (κ1) is 27.2. The number of carbonyl (C=O) groups excluding carboxylic acids is 2. The number of ether oxygens (including phenoxy) is 1. The van der Waals surface area contributed by atoms with Crippen molar-refractivity contribution < 1.29 is 37.4 Å². The fraction of sp³-hybridized carbons (Fsp3) is 0.423. The van der Waals surface area contributed by atoms with Crippen LogP contribution in [0.3, 0.4) is 0 Å². The maximum atomic E-state index is 13.1. The van der Waals surface area contributed by atoms with Gasteiger partial charge >= 0.3 is 12.1 Å². The van der Waals surface area contributed by atoms with Crippen molar-refractivity contribution in [2.75, 3.05) is 11.9 Å². The van der Waals surface area contributed by atoms with E-state index in [0.717, 1.165) is 44.1 Å². The van der Waals surface area contributed by atoms with Gasteiger partial charge in [0, 0.05) is 28.8 Å². The second-order valence-electron chi connectivity index (χ2n) is 9.82. The van der Waals surface area contributed by atoms with Crippen LogP contribution in [0.5, 0.6) is 0 Å². The minimum absolute atomic E-state index is 0.0429. The van der Waals surface area contributed by atoms with Crippen LogP contribution >= 0.6 is 0 Å². The minimum Gasteiger partial charge on any atom is -0.480 e. The lowest BCUT2D eigenvalue weighted by Gasteiger charge is -2.27. The molecule has 12 heteroatoms. The van der Waals surface area contributed by atoms with Gasteiger partial charge in [-0.2, -0.15) is 18.3 Å². The Morgan fingerprint density at radius 2 is 1.89 bits per heavy atom. The summed E-state index contributed by atoms with van der Waals surface area (Å²) in [6, 6.07) is 6.42. The molecule has 9 nitrogen and oxygen atoms in total. The molecule has 0 bridgehead atoms. The van der Waals surface area contributed by atoms with Gasteiger partial charge in [-0.05, 0) is 63.8 Å². The SMILES string of the molecule is CC(C)(OCC(=O)O)c1cc2nn([C@H]3CC[C@H](C=O)CC3)cc2cc1NC(=O)c1cccc(C(F)(F)F)n1. The summed E-state index contributed by atoms with van der Waals surface area (Å²) >= 11 is 0. The van der Waals surface area contributed by atoms with Crippen LogP contribution in [0, 0.1) is 5.92 Å². The van der Waals surface area contributed by atoms with E-state index in [4.69, 9.17) is 9.84 Å². The molecule has 0 saturated heterocycles. The smallest absolute Gasteiger partial charge is 0.433 e. The molecule has 1 aromatic carbocycles. The van der Waals surface area contributed by atoms with E-state index in [1.807, 2.05) is 10.9 Å². The van der Waals surface area contributed by atoms with E-state index < -0.39 is 41.6 Å². The van der Waals surface area contributed by atoms with Gasteiger partial charge in [-0.1, -0.05) is 6.07 Å². The minimum atomic E-state index is -4.72. The molecule has 3 aromatic rings. The third kappa shape index (κ3) is 6.01. The van der Waals surface area contributed by atoms with E-state index in [0.29, 0.717) is 16.5 Å². The van der Waals surface area contributed by atoms with Gasteiger partial charge in [-0.25, -0.2) is 9.78 Å². The van der Waals surface area contributed by atoms with Crippen LogP contribution in [0.15, 0.2) is 36.5 Å². The monoisotopic (exact) mass is 532 g/mol. The molecular formula is C26H27F3N4O5. The highest BCUT2D eigenvalue weighted by Gasteiger charge is 2.33. The van der Waals surface area contributed by atoms with Crippen molar-refractivity contribution in [1.82, 2.24) is 14.8 Å². The van der Waals surface area contributed by atoms with Crippen LogP contribution in [0.2, 0.25) is 0 Å². The second-order valence-corrected chi connectivity index (χ2v) is 9.82. The first-order chi connectivity index (χ1) is 17.9. The number of amides is 1. The number of hydrogen-bond donors (Lipinski definition) is 2. The third-order valence-corrected chi connectivity index (χ3v) is 6.69. The van der Waals surface area contributed by atoms with E-state index in [2.05, 4.69) is 15.4 Å². The van der Waals surface area contributed by atoms with Crippen LogP contribution in [-0.4, -0.2) is 44.6 Å². The van der Waals surface area contributed by atoms with Crippen LogP contribution in [0.4, 0.5) is 18.9 Å². The highest BCUT2D eigenvalue weighted by atomic mass is 19.4. The summed E-state index contributed by atoms with van der Waals surface area (Å²) < 4.78 is 46.7. The number of carbonyl (C=O) groups is 3.